The van der Waals surface area contributed by atoms with Crippen LogP contribution >= 0.6 is 11.8 Å². The summed E-state index contributed by atoms with van der Waals surface area (Å²) in [6.45, 7) is 4.06. The Hall–Kier alpha value is -3.39. The number of aromatic nitrogens is 4. The molecule has 32 heavy (non-hydrogen) atoms. The molecule has 0 bridgehead atoms. The number of hydrogen-bond donors (Lipinski definition) is 1. The van der Waals surface area contributed by atoms with Crippen LogP contribution in [0.3, 0.4) is 0 Å². The first-order chi connectivity index (χ1) is 15.6. The Morgan fingerprint density at radius 2 is 1.97 bits per heavy atom. The van der Waals surface area contributed by atoms with E-state index in [2.05, 4.69) is 17.3 Å². The van der Waals surface area contributed by atoms with E-state index in [9.17, 15) is 9.59 Å². The second kappa shape index (κ2) is 8.27. The molecule has 0 radical (unpaired) electrons. The molecule has 0 saturated carbocycles. The number of rotatable bonds is 5. The van der Waals surface area contributed by atoms with Crippen molar-refractivity contribution in [2.45, 2.75) is 37.9 Å². The lowest BCUT2D eigenvalue weighted by Crippen LogP contribution is -2.28. The Bertz CT molecular complexity index is 1390. The van der Waals surface area contributed by atoms with Crippen LogP contribution < -0.4 is 10.9 Å². The predicted molar refractivity (Wildman–Crippen MR) is 127 cm³/mol. The minimum Gasteiger partial charge on any atom is -0.326 e. The number of para-hydroxylation sites is 2. The monoisotopic (exact) mass is 445 g/mol. The third-order valence-corrected chi connectivity index (χ3v) is 6.91. The number of carbonyl (C=O) groups is 1. The lowest BCUT2D eigenvalue weighted by atomic mass is 10.1. The highest BCUT2D eigenvalue weighted by Crippen LogP contribution is 2.34. The van der Waals surface area contributed by atoms with Gasteiger partial charge in [0, 0.05) is 17.9 Å². The van der Waals surface area contributed by atoms with Gasteiger partial charge in [-0.25, -0.2) is 9.67 Å². The van der Waals surface area contributed by atoms with E-state index in [-0.39, 0.29) is 23.9 Å². The van der Waals surface area contributed by atoms with E-state index in [1.807, 2.05) is 55.5 Å². The lowest BCUT2D eigenvalue weighted by molar-refractivity contribution is -0.116. The van der Waals surface area contributed by atoms with E-state index in [0.29, 0.717) is 21.9 Å². The van der Waals surface area contributed by atoms with E-state index in [4.69, 9.17) is 4.98 Å². The summed E-state index contributed by atoms with van der Waals surface area (Å²) in [6, 6.07) is 15.4. The second-order valence-electron chi connectivity index (χ2n) is 7.88. The topological polar surface area (TPSA) is 81.8 Å². The van der Waals surface area contributed by atoms with Crippen LogP contribution in [0.25, 0.3) is 16.7 Å². The van der Waals surface area contributed by atoms with Gasteiger partial charge >= 0.3 is 0 Å². The van der Waals surface area contributed by atoms with Crippen LogP contribution in [-0.2, 0) is 11.2 Å². The van der Waals surface area contributed by atoms with Crippen molar-refractivity contribution in [3.05, 3.63) is 76.2 Å². The quantitative estimate of drug-likeness (QED) is 0.467. The summed E-state index contributed by atoms with van der Waals surface area (Å²) in [7, 11) is 0. The van der Waals surface area contributed by atoms with E-state index in [1.165, 1.54) is 11.8 Å². The van der Waals surface area contributed by atoms with Crippen LogP contribution in [0.2, 0.25) is 0 Å². The second-order valence-corrected chi connectivity index (χ2v) is 8.86. The molecule has 0 fully saturated rings. The smallest absolute Gasteiger partial charge is 0.265 e. The molecule has 0 spiro atoms. The summed E-state index contributed by atoms with van der Waals surface area (Å²) in [5.41, 5.74) is 4.26. The Balaban J connectivity index is 1.45. The SMILES string of the molecule is CCc1ccccc1NC(=O)CC1CSc2nc3c(cnn3-c3ccccc3C)c(=O)n21. The molecular weight excluding hydrogens is 422 g/mol. The lowest BCUT2D eigenvalue weighted by Gasteiger charge is -2.15. The van der Waals surface area contributed by atoms with Gasteiger partial charge in [0.15, 0.2) is 10.8 Å². The molecule has 7 nitrogen and oxygen atoms in total. The van der Waals surface area contributed by atoms with Crippen LogP contribution in [0.5, 0.6) is 0 Å². The molecule has 1 aliphatic rings. The summed E-state index contributed by atoms with van der Waals surface area (Å²) in [4.78, 5) is 30.9. The van der Waals surface area contributed by atoms with Crippen LogP contribution in [-0.4, -0.2) is 31.0 Å². The van der Waals surface area contributed by atoms with E-state index in [1.54, 1.807) is 15.4 Å². The number of anilines is 1. The zero-order chi connectivity index (χ0) is 22.2. The highest BCUT2D eigenvalue weighted by molar-refractivity contribution is 7.99. The molecular formula is C24H23N5O2S. The fourth-order valence-electron chi connectivity index (χ4n) is 4.12. The minimum atomic E-state index is -0.241. The molecule has 1 unspecified atom stereocenters. The van der Waals surface area contributed by atoms with Crippen LogP contribution in [0.1, 0.15) is 30.5 Å². The van der Waals surface area contributed by atoms with Crippen molar-refractivity contribution >= 4 is 34.4 Å². The molecule has 1 N–H and O–H groups in total. The molecule has 2 aromatic carbocycles. The largest absolute Gasteiger partial charge is 0.326 e. The summed E-state index contributed by atoms with van der Waals surface area (Å²) in [6.07, 6.45) is 2.63. The Morgan fingerprint density at radius 3 is 2.78 bits per heavy atom. The normalized spacial score (nSPS) is 15.1. The molecule has 3 heterocycles. The Morgan fingerprint density at radius 1 is 1.19 bits per heavy atom. The predicted octanol–water partition coefficient (Wildman–Crippen LogP) is 4.13. The number of amides is 1. The van der Waals surface area contributed by atoms with Crippen LogP contribution in [0, 0.1) is 6.92 Å². The summed E-state index contributed by atoms with van der Waals surface area (Å²) >= 11 is 1.50. The van der Waals surface area contributed by atoms with Gasteiger partial charge in [0.2, 0.25) is 5.91 Å². The standard InChI is InChI=1S/C24H23N5O2S/c1-3-16-9-5-6-10-19(16)26-21(30)12-17-14-32-24-27-22-18(23(31)28(17)24)13-25-29(22)20-11-7-4-8-15(20)2/h4-11,13,17H,3,12,14H2,1-2H3,(H,26,30). The summed E-state index contributed by atoms with van der Waals surface area (Å²) < 4.78 is 3.37. The highest BCUT2D eigenvalue weighted by Gasteiger charge is 2.29. The number of nitrogens with zero attached hydrogens (tertiary/aromatic N) is 4. The van der Waals surface area contributed by atoms with Crippen molar-refractivity contribution in [2.75, 3.05) is 11.1 Å². The summed E-state index contributed by atoms with van der Waals surface area (Å²) in [5.74, 6) is 0.530. The van der Waals surface area contributed by atoms with Crippen molar-refractivity contribution < 1.29 is 4.79 Å². The molecule has 1 aliphatic heterocycles. The van der Waals surface area contributed by atoms with E-state index >= 15 is 0 Å². The molecule has 162 valence electrons. The Kier molecular flexibility index (Phi) is 5.30. The molecule has 2 aromatic heterocycles. The van der Waals surface area contributed by atoms with Crippen molar-refractivity contribution in [2.24, 2.45) is 0 Å². The Labute approximate surface area is 189 Å². The van der Waals surface area contributed by atoms with Crippen LogP contribution in [0.15, 0.2) is 64.7 Å². The molecule has 4 aromatic rings. The van der Waals surface area contributed by atoms with Crippen LogP contribution in [0.4, 0.5) is 5.69 Å². The molecule has 1 amide bonds. The maximum absolute atomic E-state index is 13.3. The minimum absolute atomic E-state index is 0.105. The number of carbonyl (C=O) groups excluding carboxylic acids is 1. The zero-order valence-electron chi connectivity index (χ0n) is 17.9. The van der Waals surface area contributed by atoms with Crippen molar-refractivity contribution in [3.63, 3.8) is 0 Å². The van der Waals surface area contributed by atoms with Gasteiger partial charge in [-0.2, -0.15) is 5.10 Å². The summed E-state index contributed by atoms with van der Waals surface area (Å²) in [5, 5.41) is 8.54. The van der Waals surface area contributed by atoms with Gasteiger partial charge in [0.25, 0.3) is 5.56 Å². The molecule has 5 rings (SSSR count). The van der Waals surface area contributed by atoms with Crippen molar-refractivity contribution in [1.82, 2.24) is 19.3 Å². The van der Waals surface area contributed by atoms with Gasteiger partial charge in [-0.3, -0.25) is 14.2 Å². The van der Waals surface area contributed by atoms with Gasteiger partial charge in [-0.05, 0) is 36.6 Å². The number of aryl methyl sites for hydroxylation is 2. The van der Waals surface area contributed by atoms with Crippen molar-refractivity contribution in [3.8, 4) is 5.69 Å². The number of thioether (sulfide) groups is 1. The van der Waals surface area contributed by atoms with Gasteiger partial charge in [-0.1, -0.05) is 55.1 Å². The number of hydrogen-bond acceptors (Lipinski definition) is 5. The molecule has 0 aliphatic carbocycles. The zero-order valence-corrected chi connectivity index (χ0v) is 18.7. The number of fused-ring (bicyclic) bond motifs is 2. The highest BCUT2D eigenvalue weighted by atomic mass is 32.2. The van der Waals surface area contributed by atoms with Gasteiger partial charge in [-0.15, -0.1) is 0 Å². The third kappa shape index (κ3) is 3.50. The van der Waals surface area contributed by atoms with Crippen molar-refractivity contribution in [1.29, 1.82) is 0 Å². The molecule has 8 heteroatoms. The van der Waals surface area contributed by atoms with Gasteiger partial charge in [0.05, 0.1) is 17.9 Å². The fourth-order valence-corrected chi connectivity index (χ4v) is 5.25. The van der Waals surface area contributed by atoms with Gasteiger partial charge < -0.3 is 5.32 Å². The average Bonchev–Trinajstić information content (AvgIpc) is 3.39. The third-order valence-electron chi connectivity index (χ3n) is 5.81. The maximum atomic E-state index is 13.3. The fraction of sp³-hybridized carbons (Fsp3) is 0.250. The first-order valence-electron chi connectivity index (χ1n) is 10.6. The molecule has 0 saturated heterocycles. The van der Waals surface area contributed by atoms with E-state index in [0.717, 1.165) is 28.9 Å². The first kappa shape index (κ1) is 20.5. The average molecular weight is 446 g/mol. The number of benzene rings is 2. The van der Waals surface area contributed by atoms with E-state index < -0.39 is 0 Å². The number of nitrogens with one attached hydrogen (secondary N) is 1. The first-order valence-corrected chi connectivity index (χ1v) is 11.6. The maximum Gasteiger partial charge on any atom is 0.265 e. The molecule has 1 atom stereocenters. The van der Waals surface area contributed by atoms with Gasteiger partial charge in [0.1, 0.15) is 5.39 Å².